The van der Waals surface area contributed by atoms with Crippen LogP contribution in [0.3, 0.4) is 0 Å². The number of benzene rings is 2. The minimum atomic E-state index is -0.588. The van der Waals surface area contributed by atoms with E-state index in [1.807, 2.05) is 38.1 Å². The molecule has 2 fully saturated rings. The van der Waals surface area contributed by atoms with Gasteiger partial charge >= 0.3 is 0 Å². The van der Waals surface area contributed by atoms with Gasteiger partial charge in [0.05, 0.1) is 11.4 Å². The van der Waals surface area contributed by atoms with Gasteiger partial charge < -0.3 is 15.5 Å². The van der Waals surface area contributed by atoms with Gasteiger partial charge in [-0.25, -0.2) is 4.39 Å². The summed E-state index contributed by atoms with van der Waals surface area (Å²) in [5.41, 5.74) is 4.49. The zero-order chi connectivity index (χ0) is 24.9. The van der Waals surface area contributed by atoms with Gasteiger partial charge in [0.25, 0.3) is 0 Å². The predicted octanol–water partition coefficient (Wildman–Crippen LogP) is 4.77. The van der Waals surface area contributed by atoms with Crippen molar-refractivity contribution in [1.82, 2.24) is 5.32 Å². The Morgan fingerprint density at radius 3 is 2.57 bits per heavy atom. The summed E-state index contributed by atoms with van der Waals surface area (Å²) in [4.78, 5) is 27.0. The smallest absolute Gasteiger partial charge is 0.240 e. The summed E-state index contributed by atoms with van der Waals surface area (Å²) >= 11 is 1.17. The predicted molar refractivity (Wildman–Crippen MR) is 141 cm³/mol. The highest BCUT2D eigenvalue weighted by Crippen LogP contribution is 2.26. The zero-order valence-corrected chi connectivity index (χ0v) is 21.0. The van der Waals surface area contributed by atoms with Gasteiger partial charge in [-0.2, -0.15) is 5.10 Å². The van der Waals surface area contributed by atoms with Crippen molar-refractivity contribution in [1.29, 1.82) is 0 Å². The second-order valence-electron chi connectivity index (χ2n) is 8.92. The van der Waals surface area contributed by atoms with Crippen molar-refractivity contribution in [2.45, 2.75) is 51.7 Å². The number of amidine groups is 1. The van der Waals surface area contributed by atoms with E-state index in [-0.39, 0.29) is 24.1 Å². The minimum absolute atomic E-state index is 0.0230. The minimum Gasteiger partial charge on any atom is -0.369 e. The van der Waals surface area contributed by atoms with Crippen LogP contribution in [0, 0.1) is 19.7 Å². The maximum atomic E-state index is 14.7. The number of carbonyl (C=O) groups excluding carboxylic acids is 2. The molecule has 0 spiro atoms. The molecular formula is C26H30FN5O2S. The molecule has 0 aliphatic carbocycles. The molecule has 184 valence electrons. The lowest BCUT2D eigenvalue weighted by atomic mass is 10.1. The van der Waals surface area contributed by atoms with E-state index < -0.39 is 5.25 Å². The molecule has 9 heteroatoms. The lowest BCUT2D eigenvalue weighted by Gasteiger charge is -2.29. The third kappa shape index (κ3) is 6.08. The largest absolute Gasteiger partial charge is 0.369 e. The van der Waals surface area contributed by atoms with E-state index in [4.69, 9.17) is 0 Å². The fraction of sp³-hybridized carbons (Fsp3) is 0.385. The molecule has 35 heavy (non-hydrogen) atoms. The first kappa shape index (κ1) is 24.9. The first-order chi connectivity index (χ1) is 16.8. The van der Waals surface area contributed by atoms with E-state index >= 15 is 0 Å². The molecule has 1 unspecified atom stereocenters. The summed E-state index contributed by atoms with van der Waals surface area (Å²) in [5, 5.41) is 13.6. The monoisotopic (exact) mass is 495 g/mol. The summed E-state index contributed by atoms with van der Waals surface area (Å²) in [6, 6.07) is 10.9. The van der Waals surface area contributed by atoms with E-state index in [1.165, 1.54) is 24.2 Å². The van der Waals surface area contributed by atoms with E-state index in [1.54, 1.807) is 13.0 Å². The van der Waals surface area contributed by atoms with Crippen molar-refractivity contribution < 1.29 is 14.0 Å². The number of hydrogen-bond donors (Lipinski definition) is 2. The number of hydrogen-bond acceptors (Lipinski definition) is 6. The van der Waals surface area contributed by atoms with Crippen molar-refractivity contribution in [3.8, 4) is 0 Å². The molecule has 2 aliphatic heterocycles. The van der Waals surface area contributed by atoms with Crippen LogP contribution in [0.5, 0.6) is 0 Å². The van der Waals surface area contributed by atoms with E-state index in [0.717, 1.165) is 42.7 Å². The van der Waals surface area contributed by atoms with Gasteiger partial charge in [0.2, 0.25) is 11.8 Å². The number of carbonyl (C=O) groups is 2. The van der Waals surface area contributed by atoms with E-state index in [0.29, 0.717) is 22.1 Å². The molecule has 0 aromatic heterocycles. The summed E-state index contributed by atoms with van der Waals surface area (Å²) in [6.07, 6.45) is 3.37. The third-order valence-electron chi connectivity index (χ3n) is 6.25. The Morgan fingerprint density at radius 1 is 1.17 bits per heavy atom. The van der Waals surface area contributed by atoms with Crippen molar-refractivity contribution in [3.63, 3.8) is 0 Å². The van der Waals surface area contributed by atoms with Crippen LogP contribution in [0.25, 0.3) is 0 Å². The van der Waals surface area contributed by atoms with Crippen molar-refractivity contribution in [3.05, 3.63) is 58.9 Å². The van der Waals surface area contributed by atoms with Gasteiger partial charge in [0.1, 0.15) is 11.1 Å². The Hall–Kier alpha value is -3.20. The Balaban J connectivity index is 1.38. The van der Waals surface area contributed by atoms with Crippen LogP contribution in [0.4, 0.5) is 15.8 Å². The standard InChI is InChI=1S/C26H30FN5O2S/c1-16-8-7-9-17(2)24(16)28-23(33)15-22-25(34)29-26(35-22)31-30-18(3)19-10-11-21(20(27)14-19)32-12-5-4-6-13-32/h7-11,14,22H,4-6,12-13,15H2,1-3H3,(H,28,33)(H,29,31,34)/b30-18+. The van der Waals surface area contributed by atoms with Gasteiger partial charge in [0, 0.05) is 30.8 Å². The molecule has 0 saturated carbocycles. The summed E-state index contributed by atoms with van der Waals surface area (Å²) in [5.74, 6) is -0.791. The molecule has 1 atom stereocenters. The molecule has 2 saturated heterocycles. The number of amides is 2. The lowest BCUT2D eigenvalue weighted by molar-refractivity contribution is -0.122. The fourth-order valence-corrected chi connectivity index (χ4v) is 5.18. The fourth-order valence-electron chi connectivity index (χ4n) is 4.26. The first-order valence-corrected chi connectivity index (χ1v) is 12.7. The quantitative estimate of drug-likeness (QED) is 0.446. The van der Waals surface area contributed by atoms with Crippen LogP contribution in [0.1, 0.15) is 49.3 Å². The molecule has 2 heterocycles. The average Bonchev–Trinajstić information content (AvgIpc) is 3.19. The summed E-state index contributed by atoms with van der Waals surface area (Å²) in [6.45, 7) is 7.35. The summed E-state index contributed by atoms with van der Waals surface area (Å²) < 4.78 is 14.7. The SMILES string of the molecule is C/C(=N\N=C1\NC(=O)C(CC(=O)Nc2c(C)cccc2C)S1)c1ccc(N2CCCCC2)c(F)c1. The molecule has 7 nitrogen and oxygen atoms in total. The molecule has 2 N–H and O–H groups in total. The van der Waals surface area contributed by atoms with Crippen molar-refractivity contribution in [2.24, 2.45) is 10.2 Å². The molecule has 4 rings (SSSR count). The normalized spacial score (nSPS) is 19.7. The van der Waals surface area contributed by atoms with Gasteiger partial charge in [0.15, 0.2) is 5.17 Å². The number of piperidine rings is 1. The molecule has 0 bridgehead atoms. The maximum Gasteiger partial charge on any atom is 0.240 e. The Kier molecular flexibility index (Phi) is 7.85. The number of thioether (sulfide) groups is 1. The van der Waals surface area contributed by atoms with Gasteiger partial charge in [-0.1, -0.05) is 36.0 Å². The number of halogens is 1. The highest BCUT2D eigenvalue weighted by Gasteiger charge is 2.32. The van der Waals surface area contributed by atoms with Crippen molar-refractivity contribution in [2.75, 3.05) is 23.3 Å². The second kappa shape index (κ2) is 11.0. The Morgan fingerprint density at radius 2 is 1.89 bits per heavy atom. The van der Waals surface area contributed by atoms with Crippen LogP contribution >= 0.6 is 11.8 Å². The number of rotatable bonds is 6. The third-order valence-corrected chi connectivity index (χ3v) is 7.32. The zero-order valence-electron chi connectivity index (χ0n) is 20.2. The Labute approximate surface area is 209 Å². The van der Waals surface area contributed by atoms with E-state index in [2.05, 4.69) is 25.7 Å². The number of nitrogens with zero attached hydrogens (tertiary/aromatic N) is 3. The molecule has 2 aliphatic rings. The number of nitrogens with one attached hydrogen (secondary N) is 2. The topological polar surface area (TPSA) is 86.2 Å². The van der Waals surface area contributed by atoms with Gasteiger partial charge in [-0.15, -0.1) is 5.10 Å². The van der Waals surface area contributed by atoms with Gasteiger partial charge in [-0.3, -0.25) is 9.59 Å². The molecule has 0 radical (unpaired) electrons. The van der Waals surface area contributed by atoms with Gasteiger partial charge in [-0.05, 0) is 63.3 Å². The molecular weight excluding hydrogens is 465 g/mol. The van der Waals surface area contributed by atoms with Crippen LogP contribution in [0.15, 0.2) is 46.6 Å². The number of anilines is 2. The highest BCUT2D eigenvalue weighted by molar-refractivity contribution is 8.15. The van der Waals surface area contributed by atoms with Crippen LogP contribution < -0.4 is 15.5 Å². The first-order valence-electron chi connectivity index (χ1n) is 11.8. The molecule has 2 aromatic rings. The van der Waals surface area contributed by atoms with Crippen LogP contribution in [-0.4, -0.2) is 41.0 Å². The van der Waals surface area contributed by atoms with Crippen molar-refractivity contribution >= 4 is 45.8 Å². The number of aryl methyl sites for hydroxylation is 2. The molecule has 2 aromatic carbocycles. The average molecular weight is 496 g/mol. The lowest BCUT2D eigenvalue weighted by Crippen LogP contribution is -2.30. The summed E-state index contributed by atoms with van der Waals surface area (Å²) in [7, 11) is 0. The molecule has 2 amide bonds. The van der Waals surface area contributed by atoms with E-state index in [9.17, 15) is 14.0 Å². The number of para-hydroxylation sites is 1. The maximum absolute atomic E-state index is 14.7. The highest BCUT2D eigenvalue weighted by atomic mass is 32.2. The van der Waals surface area contributed by atoms with Crippen LogP contribution in [0.2, 0.25) is 0 Å². The second-order valence-corrected chi connectivity index (χ2v) is 10.1. The Bertz CT molecular complexity index is 1170. The van der Waals surface area contributed by atoms with Crippen LogP contribution in [-0.2, 0) is 9.59 Å².